The highest BCUT2D eigenvalue weighted by Gasteiger charge is 2.10. The number of aromatic amines is 1. The second-order valence-electron chi connectivity index (χ2n) is 4.40. The minimum atomic E-state index is -0.455. The van der Waals surface area contributed by atoms with Crippen molar-refractivity contribution in [2.75, 3.05) is 5.75 Å². The number of carbonyl (C=O) groups excluding carboxylic acids is 1. The maximum Gasteiger partial charge on any atom is 0.255 e. The standard InChI is InChI=1S/C14H15N3O3S/c1-9(10-5-3-2-4-6-10)15-13(20)8-21-14-16-11(18)7-12(19)17-14/h2-7,9H,8H2,1H3,(H,15,20)(H2,16,17,18,19)/t9-/m0/s1. The Morgan fingerprint density at radius 3 is 2.81 bits per heavy atom. The first-order valence-corrected chi connectivity index (χ1v) is 7.30. The van der Waals surface area contributed by atoms with Crippen molar-refractivity contribution in [3.63, 3.8) is 0 Å². The smallest absolute Gasteiger partial charge is 0.255 e. The van der Waals surface area contributed by atoms with Gasteiger partial charge in [-0.05, 0) is 12.5 Å². The van der Waals surface area contributed by atoms with Gasteiger partial charge in [-0.3, -0.25) is 9.59 Å². The second-order valence-corrected chi connectivity index (χ2v) is 5.36. The second kappa shape index (κ2) is 6.94. The van der Waals surface area contributed by atoms with E-state index < -0.39 is 5.56 Å². The molecule has 2 aromatic rings. The Labute approximate surface area is 125 Å². The fraction of sp³-hybridized carbons (Fsp3) is 0.214. The molecule has 0 aliphatic rings. The molecular formula is C14H15N3O3S. The van der Waals surface area contributed by atoms with Crippen molar-refractivity contribution in [3.05, 3.63) is 52.3 Å². The van der Waals surface area contributed by atoms with E-state index in [9.17, 15) is 14.7 Å². The van der Waals surface area contributed by atoms with Gasteiger partial charge in [0.15, 0.2) is 5.16 Å². The van der Waals surface area contributed by atoms with Crippen LogP contribution in [0.3, 0.4) is 0 Å². The largest absolute Gasteiger partial charge is 0.493 e. The van der Waals surface area contributed by atoms with E-state index in [1.807, 2.05) is 37.3 Å². The number of rotatable bonds is 5. The highest BCUT2D eigenvalue weighted by atomic mass is 32.2. The van der Waals surface area contributed by atoms with Gasteiger partial charge < -0.3 is 15.4 Å². The lowest BCUT2D eigenvalue weighted by Crippen LogP contribution is -2.28. The van der Waals surface area contributed by atoms with Crippen molar-refractivity contribution in [2.24, 2.45) is 0 Å². The van der Waals surface area contributed by atoms with Crippen LogP contribution in [0.25, 0.3) is 0 Å². The molecule has 0 saturated heterocycles. The van der Waals surface area contributed by atoms with Gasteiger partial charge in [0.05, 0.1) is 17.9 Å². The van der Waals surface area contributed by atoms with E-state index in [1.54, 1.807) is 0 Å². The van der Waals surface area contributed by atoms with Crippen LogP contribution in [0.1, 0.15) is 18.5 Å². The van der Waals surface area contributed by atoms with Gasteiger partial charge in [0.1, 0.15) is 0 Å². The maximum absolute atomic E-state index is 11.9. The van der Waals surface area contributed by atoms with Crippen molar-refractivity contribution < 1.29 is 9.90 Å². The monoisotopic (exact) mass is 305 g/mol. The third kappa shape index (κ3) is 4.64. The van der Waals surface area contributed by atoms with Crippen molar-refractivity contribution in [2.45, 2.75) is 18.1 Å². The summed E-state index contributed by atoms with van der Waals surface area (Å²) in [6.45, 7) is 1.90. The number of hydrogen-bond donors (Lipinski definition) is 3. The van der Waals surface area contributed by atoms with E-state index in [2.05, 4.69) is 15.3 Å². The summed E-state index contributed by atoms with van der Waals surface area (Å²) < 4.78 is 0. The van der Waals surface area contributed by atoms with Gasteiger partial charge in [0.2, 0.25) is 11.8 Å². The molecule has 1 atom stereocenters. The Balaban J connectivity index is 1.89. The van der Waals surface area contributed by atoms with E-state index in [0.717, 1.165) is 23.4 Å². The van der Waals surface area contributed by atoms with Crippen LogP contribution in [-0.2, 0) is 4.79 Å². The number of aromatic hydroxyl groups is 1. The lowest BCUT2D eigenvalue weighted by atomic mass is 10.1. The molecule has 0 aliphatic carbocycles. The van der Waals surface area contributed by atoms with Gasteiger partial charge in [-0.1, -0.05) is 42.1 Å². The molecule has 2 rings (SSSR count). The molecule has 0 aliphatic heterocycles. The molecule has 0 bridgehead atoms. The zero-order chi connectivity index (χ0) is 15.2. The summed E-state index contributed by atoms with van der Waals surface area (Å²) >= 11 is 1.06. The fourth-order valence-electron chi connectivity index (χ4n) is 1.73. The number of amides is 1. The first kappa shape index (κ1) is 15.1. The molecule has 3 N–H and O–H groups in total. The summed E-state index contributed by atoms with van der Waals surface area (Å²) in [5.74, 6) is -0.439. The molecule has 110 valence electrons. The molecule has 1 heterocycles. The first-order valence-electron chi connectivity index (χ1n) is 6.32. The van der Waals surface area contributed by atoms with Crippen molar-refractivity contribution in [1.82, 2.24) is 15.3 Å². The van der Waals surface area contributed by atoms with Crippen LogP contribution in [0.5, 0.6) is 5.88 Å². The zero-order valence-corrected chi connectivity index (χ0v) is 12.2. The number of thioether (sulfide) groups is 1. The molecule has 0 spiro atoms. The predicted molar refractivity (Wildman–Crippen MR) is 80.2 cm³/mol. The minimum absolute atomic E-state index is 0.101. The summed E-state index contributed by atoms with van der Waals surface area (Å²) in [7, 11) is 0. The van der Waals surface area contributed by atoms with E-state index >= 15 is 0 Å². The van der Waals surface area contributed by atoms with Gasteiger partial charge in [0, 0.05) is 0 Å². The van der Waals surface area contributed by atoms with Crippen LogP contribution in [0.15, 0.2) is 46.3 Å². The van der Waals surface area contributed by atoms with Crippen LogP contribution in [0, 0.1) is 0 Å². The van der Waals surface area contributed by atoms with Gasteiger partial charge in [-0.15, -0.1) is 0 Å². The predicted octanol–water partition coefficient (Wildman–Crippen LogP) is 1.44. The highest BCUT2D eigenvalue weighted by Crippen LogP contribution is 2.15. The maximum atomic E-state index is 11.9. The summed E-state index contributed by atoms with van der Waals surface area (Å²) in [6.07, 6.45) is 0. The molecule has 21 heavy (non-hydrogen) atoms. The van der Waals surface area contributed by atoms with E-state index in [1.165, 1.54) is 0 Å². The Bertz CT molecular complexity index is 673. The van der Waals surface area contributed by atoms with Crippen molar-refractivity contribution >= 4 is 17.7 Å². The van der Waals surface area contributed by atoms with Gasteiger partial charge in [-0.2, -0.15) is 4.98 Å². The average Bonchev–Trinajstić information content (AvgIpc) is 2.45. The Kier molecular flexibility index (Phi) is 4.99. The van der Waals surface area contributed by atoms with Gasteiger partial charge >= 0.3 is 0 Å². The van der Waals surface area contributed by atoms with Crippen LogP contribution in [0.4, 0.5) is 0 Å². The highest BCUT2D eigenvalue weighted by molar-refractivity contribution is 7.99. The number of nitrogens with one attached hydrogen (secondary N) is 2. The van der Waals surface area contributed by atoms with E-state index in [4.69, 9.17) is 0 Å². The van der Waals surface area contributed by atoms with E-state index in [-0.39, 0.29) is 28.7 Å². The molecule has 6 nitrogen and oxygen atoms in total. The molecule has 1 amide bonds. The normalized spacial score (nSPS) is 11.9. The topological polar surface area (TPSA) is 95.1 Å². The van der Waals surface area contributed by atoms with Crippen LogP contribution in [-0.4, -0.2) is 26.7 Å². The third-order valence-corrected chi connectivity index (χ3v) is 3.60. The van der Waals surface area contributed by atoms with Crippen molar-refractivity contribution in [3.8, 4) is 5.88 Å². The molecule has 0 fully saturated rings. The summed E-state index contributed by atoms with van der Waals surface area (Å²) in [5.41, 5.74) is 0.558. The average molecular weight is 305 g/mol. The number of carbonyl (C=O) groups is 1. The zero-order valence-electron chi connectivity index (χ0n) is 11.4. The van der Waals surface area contributed by atoms with Crippen LogP contribution in [0.2, 0.25) is 0 Å². The number of benzene rings is 1. The quantitative estimate of drug-likeness (QED) is 0.574. The lowest BCUT2D eigenvalue weighted by Gasteiger charge is -2.13. The fourth-order valence-corrected chi connectivity index (χ4v) is 2.42. The SMILES string of the molecule is C[C@H](NC(=O)CSc1nc(O)cc(=O)[nH]1)c1ccccc1. The lowest BCUT2D eigenvalue weighted by molar-refractivity contribution is -0.119. The van der Waals surface area contributed by atoms with E-state index in [0.29, 0.717) is 0 Å². The summed E-state index contributed by atoms with van der Waals surface area (Å²) in [4.78, 5) is 29.2. The van der Waals surface area contributed by atoms with Crippen LogP contribution >= 0.6 is 11.8 Å². The molecule has 7 heteroatoms. The Morgan fingerprint density at radius 2 is 2.14 bits per heavy atom. The molecule has 1 aromatic heterocycles. The number of aromatic nitrogens is 2. The first-order chi connectivity index (χ1) is 10.0. The Hall–Kier alpha value is -2.28. The molecule has 0 saturated carbocycles. The Morgan fingerprint density at radius 1 is 1.43 bits per heavy atom. The van der Waals surface area contributed by atoms with Gasteiger partial charge in [0.25, 0.3) is 5.56 Å². The number of nitrogens with zero attached hydrogens (tertiary/aromatic N) is 1. The minimum Gasteiger partial charge on any atom is -0.493 e. The molecule has 0 radical (unpaired) electrons. The third-order valence-electron chi connectivity index (χ3n) is 2.72. The number of hydrogen-bond acceptors (Lipinski definition) is 5. The van der Waals surface area contributed by atoms with Gasteiger partial charge in [-0.25, -0.2) is 0 Å². The van der Waals surface area contributed by atoms with Crippen LogP contribution < -0.4 is 10.9 Å². The molecule has 0 unspecified atom stereocenters. The molecular weight excluding hydrogens is 290 g/mol. The summed E-state index contributed by atoms with van der Waals surface area (Å²) in [5, 5.41) is 12.3. The molecule has 1 aromatic carbocycles. The number of H-pyrrole nitrogens is 1. The van der Waals surface area contributed by atoms with Crippen molar-refractivity contribution in [1.29, 1.82) is 0 Å². The summed E-state index contributed by atoms with van der Waals surface area (Å²) in [6, 6.07) is 10.5.